The van der Waals surface area contributed by atoms with E-state index in [1.807, 2.05) is 71.5 Å². The molecule has 0 saturated heterocycles. The van der Waals surface area contributed by atoms with Crippen LogP contribution in [-0.4, -0.2) is 55.1 Å². The molecule has 0 unspecified atom stereocenters. The van der Waals surface area contributed by atoms with Gasteiger partial charge in [0.2, 0.25) is 0 Å². The van der Waals surface area contributed by atoms with E-state index in [1.165, 1.54) is 30.8 Å². The molecule has 1 aromatic heterocycles. The second-order valence-electron chi connectivity index (χ2n) is 9.07. The maximum atomic E-state index is 13.9. The minimum atomic E-state index is -3.96. The van der Waals surface area contributed by atoms with Gasteiger partial charge in [0.1, 0.15) is 22.2 Å². The van der Waals surface area contributed by atoms with Gasteiger partial charge >= 0.3 is 10.2 Å². The Kier molecular flexibility index (Phi) is 9.65. The molecule has 4 aromatic rings. The van der Waals surface area contributed by atoms with E-state index < -0.39 is 16.1 Å². The lowest BCUT2D eigenvalue weighted by Gasteiger charge is -2.23. The molecule has 1 N–H and O–H groups in total. The number of carbonyl (C=O) groups excluding carboxylic acids is 2. The van der Waals surface area contributed by atoms with Gasteiger partial charge in [0, 0.05) is 26.0 Å². The van der Waals surface area contributed by atoms with Crippen molar-refractivity contribution in [3.05, 3.63) is 112 Å². The van der Waals surface area contributed by atoms with Crippen molar-refractivity contribution in [1.82, 2.24) is 18.9 Å². The van der Waals surface area contributed by atoms with Gasteiger partial charge in [0.05, 0.1) is 12.1 Å². The summed E-state index contributed by atoms with van der Waals surface area (Å²) in [7, 11) is -1.32. The third kappa shape index (κ3) is 7.75. The first-order valence-corrected chi connectivity index (χ1v) is 14.9. The molecule has 0 aliphatic rings. The Bertz CT molecular complexity index is 1540. The SMILES string of the molecule is CN(C)S(=O)(=O)NC(=O)c1csc(CN(CCCc2ccccc2)C(=O)c2ccccc2Oc2ccccc2)n1. The van der Waals surface area contributed by atoms with Gasteiger partial charge in [0.15, 0.2) is 0 Å². The smallest absolute Gasteiger partial charge is 0.303 e. The summed E-state index contributed by atoms with van der Waals surface area (Å²) in [6.45, 7) is 0.579. The standard InChI is InChI=1S/C29H30N4O5S2/c1-32(2)40(36,37)31-28(34)25-21-39-27(30-25)20-33(19-11-14-22-12-5-3-6-13-22)29(35)24-17-9-10-18-26(24)38-23-15-7-4-8-16-23/h3-10,12-13,15-18,21H,11,14,19-20H2,1-2H3,(H,31,34). The van der Waals surface area contributed by atoms with Crippen molar-refractivity contribution in [2.24, 2.45) is 0 Å². The minimum absolute atomic E-state index is 0.0325. The van der Waals surface area contributed by atoms with E-state index in [1.54, 1.807) is 23.1 Å². The van der Waals surface area contributed by atoms with E-state index >= 15 is 0 Å². The zero-order chi connectivity index (χ0) is 28.5. The minimum Gasteiger partial charge on any atom is -0.457 e. The number of benzene rings is 3. The Labute approximate surface area is 238 Å². The summed E-state index contributed by atoms with van der Waals surface area (Å²) in [5.74, 6) is -0.0303. The Balaban J connectivity index is 1.55. The number of amides is 2. The number of rotatable bonds is 12. The average molecular weight is 579 g/mol. The van der Waals surface area contributed by atoms with Crippen LogP contribution in [0.3, 0.4) is 0 Å². The third-order valence-electron chi connectivity index (χ3n) is 5.92. The van der Waals surface area contributed by atoms with E-state index in [0.29, 0.717) is 35.0 Å². The summed E-state index contributed by atoms with van der Waals surface area (Å²) in [5.41, 5.74) is 1.53. The van der Waals surface area contributed by atoms with Gasteiger partial charge in [-0.3, -0.25) is 9.59 Å². The molecular weight excluding hydrogens is 548 g/mol. The zero-order valence-corrected chi connectivity index (χ0v) is 23.8. The van der Waals surface area contributed by atoms with Crippen molar-refractivity contribution in [3.8, 4) is 11.5 Å². The maximum absolute atomic E-state index is 13.9. The molecule has 0 fully saturated rings. The van der Waals surface area contributed by atoms with Gasteiger partial charge in [-0.2, -0.15) is 12.7 Å². The Hall–Kier alpha value is -4.06. The fraction of sp³-hybridized carbons (Fsp3) is 0.207. The monoisotopic (exact) mass is 578 g/mol. The van der Waals surface area contributed by atoms with E-state index in [4.69, 9.17) is 4.74 Å². The van der Waals surface area contributed by atoms with Gasteiger partial charge in [0.25, 0.3) is 11.8 Å². The number of hydrogen-bond donors (Lipinski definition) is 1. The van der Waals surface area contributed by atoms with Crippen LogP contribution in [0.2, 0.25) is 0 Å². The number of nitrogens with zero attached hydrogens (tertiary/aromatic N) is 3. The second kappa shape index (κ2) is 13.3. The molecule has 0 bridgehead atoms. The quantitative estimate of drug-likeness (QED) is 0.260. The molecule has 208 valence electrons. The predicted octanol–water partition coefficient (Wildman–Crippen LogP) is 4.75. The first kappa shape index (κ1) is 28.9. The summed E-state index contributed by atoms with van der Waals surface area (Å²) in [4.78, 5) is 32.4. The highest BCUT2D eigenvalue weighted by molar-refractivity contribution is 7.87. The summed E-state index contributed by atoms with van der Waals surface area (Å²) in [5, 5.41) is 1.98. The van der Waals surface area contributed by atoms with Crippen molar-refractivity contribution in [3.63, 3.8) is 0 Å². The van der Waals surface area contributed by atoms with E-state index in [2.05, 4.69) is 4.98 Å². The molecule has 0 aliphatic heterocycles. The van der Waals surface area contributed by atoms with Crippen LogP contribution in [0.5, 0.6) is 11.5 Å². The lowest BCUT2D eigenvalue weighted by Crippen LogP contribution is -2.39. The molecule has 0 saturated carbocycles. The van der Waals surface area contributed by atoms with Gasteiger partial charge in [-0.25, -0.2) is 9.71 Å². The van der Waals surface area contributed by atoms with Crippen molar-refractivity contribution in [2.75, 3.05) is 20.6 Å². The predicted molar refractivity (Wildman–Crippen MR) is 155 cm³/mol. The van der Waals surface area contributed by atoms with E-state index in [-0.39, 0.29) is 18.1 Å². The Morgan fingerprint density at radius 2 is 1.57 bits per heavy atom. The summed E-state index contributed by atoms with van der Waals surface area (Å²) < 4.78 is 33.0. The third-order valence-corrected chi connectivity index (χ3v) is 8.16. The van der Waals surface area contributed by atoms with Crippen molar-refractivity contribution < 1.29 is 22.7 Å². The Morgan fingerprint density at radius 1 is 0.925 bits per heavy atom. The molecule has 0 radical (unpaired) electrons. The number of nitrogens with one attached hydrogen (secondary N) is 1. The molecule has 4 rings (SSSR count). The van der Waals surface area contributed by atoms with E-state index in [0.717, 1.165) is 16.3 Å². The first-order valence-electron chi connectivity index (χ1n) is 12.6. The fourth-order valence-electron chi connectivity index (χ4n) is 3.80. The van der Waals surface area contributed by atoms with Crippen LogP contribution in [0, 0.1) is 0 Å². The van der Waals surface area contributed by atoms with Crippen molar-refractivity contribution >= 4 is 33.4 Å². The number of para-hydroxylation sites is 2. The Morgan fingerprint density at radius 3 is 2.27 bits per heavy atom. The molecular formula is C29H30N4O5S2. The van der Waals surface area contributed by atoms with Crippen LogP contribution in [0.1, 0.15) is 37.8 Å². The number of aryl methyl sites for hydroxylation is 1. The van der Waals surface area contributed by atoms with Gasteiger partial charge in [-0.1, -0.05) is 60.7 Å². The molecule has 3 aromatic carbocycles. The number of thiazole rings is 1. The van der Waals surface area contributed by atoms with E-state index in [9.17, 15) is 18.0 Å². The number of hydrogen-bond acceptors (Lipinski definition) is 7. The largest absolute Gasteiger partial charge is 0.457 e. The van der Waals surface area contributed by atoms with Crippen LogP contribution in [0.15, 0.2) is 90.3 Å². The highest BCUT2D eigenvalue weighted by Crippen LogP contribution is 2.27. The molecule has 9 nitrogen and oxygen atoms in total. The topological polar surface area (TPSA) is 109 Å². The summed E-state index contributed by atoms with van der Waals surface area (Å²) >= 11 is 1.18. The second-order valence-corrected chi connectivity index (χ2v) is 11.9. The van der Waals surface area contributed by atoms with Gasteiger partial charge in [-0.05, 0) is 42.7 Å². The molecule has 1 heterocycles. The van der Waals surface area contributed by atoms with Gasteiger partial charge in [-0.15, -0.1) is 11.3 Å². The maximum Gasteiger partial charge on any atom is 0.303 e. The number of carbonyl (C=O) groups is 2. The number of aromatic nitrogens is 1. The molecule has 11 heteroatoms. The molecule has 0 atom stereocenters. The average Bonchev–Trinajstić information content (AvgIpc) is 3.42. The van der Waals surface area contributed by atoms with Crippen LogP contribution >= 0.6 is 11.3 Å². The zero-order valence-electron chi connectivity index (χ0n) is 22.2. The van der Waals surface area contributed by atoms with Crippen molar-refractivity contribution in [1.29, 1.82) is 0 Å². The number of ether oxygens (including phenoxy) is 1. The lowest BCUT2D eigenvalue weighted by atomic mass is 10.1. The first-order chi connectivity index (χ1) is 19.2. The van der Waals surface area contributed by atoms with Crippen molar-refractivity contribution in [2.45, 2.75) is 19.4 Å². The van der Waals surface area contributed by atoms with Crippen LogP contribution in [0.25, 0.3) is 0 Å². The van der Waals surface area contributed by atoms with Crippen LogP contribution in [0.4, 0.5) is 0 Å². The van der Waals surface area contributed by atoms with Crippen LogP contribution < -0.4 is 9.46 Å². The lowest BCUT2D eigenvalue weighted by molar-refractivity contribution is 0.0738. The highest BCUT2D eigenvalue weighted by Gasteiger charge is 2.24. The molecule has 0 spiro atoms. The van der Waals surface area contributed by atoms with Crippen LogP contribution in [-0.2, 0) is 23.2 Å². The summed E-state index contributed by atoms with van der Waals surface area (Å²) in [6.07, 6.45) is 1.48. The summed E-state index contributed by atoms with van der Waals surface area (Å²) in [6, 6.07) is 26.3. The molecule has 2 amide bonds. The highest BCUT2D eigenvalue weighted by atomic mass is 32.2. The van der Waals surface area contributed by atoms with Gasteiger partial charge < -0.3 is 9.64 Å². The molecule has 40 heavy (non-hydrogen) atoms. The fourth-order valence-corrected chi connectivity index (χ4v) is 5.11. The molecule has 0 aliphatic carbocycles. The normalized spacial score (nSPS) is 11.3.